The molecule has 1 saturated heterocycles. The first kappa shape index (κ1) is 20.2. The highest BCUT2D eigenvalue weighted by Gasteiger charge is 2.35. The summed E-state index contributed by atoms with van der Waals surface area (Å²) >= 11 is 1.44. The summed E-state index contributed by atoms with van der Waals surface area (Å²) < 4.78 is 0. The van der Waals surface area contributed by atoms with Gasteiger partial charge in [-0.05, 0) is 29.7 Å². The lowest BCUT2D eigenvalue weighted by Crippen LogP contribution is -2.32. The molecule has 3 heterocycles. The van der Waals surface area contributed by atoms with Crippen LogP contribution in [0.15, 0.2) is 48.1 Å². The Morgan fingerprint density at radius 1 is 1.23 bits per heavy atom. The number of amides is 2. The van der Waals surface area contributed by atoms with E-state index in [4.69, 9.17) is 0 Å². The Morgan fingerprint density at radius 3 is 2.67 bits per heavy atom. The van der Waals surface area contributed by atoms with E-state index in [-0.39, 0.29) is 24.2 Å². The van der Waals surface area contributed by atoms with Gasteiger partial charge in [0.15, 0.2) is 10.8 Å². The van der Waals surface area contributed by atoms with Crippen LogP contribution in [0.4, 0.5) is 5.69 Å². The predicted octanol–water partition coefficient (Wildman–Crippen LogP) is 3.39. The normalized spacial score (nSPS) is 16.3. The molecule has 0 spiro atoms. The minimum atomic E-state index is -0.363. The topological polar surface area (TPSA) is 88.1 Å². The molecule has 0 bridgehead atoms. The van der Waals surface area contributed by atoms with Crippen molar-refractivity contribution in [2.75, 3.05) is 11.4 Å². The van der Waals surface area contributed by atoms with Gasteiger partial charge in [0.2, 0.25) is 11.8 Å². The third-order valence-electron chi connectivity index (χ3n) is 5.12. The van der Waals surface area contributed by atoms with E-state index < -0.39 is 0 Å². The number of carbonyl (C=O) groups is 2. The van der Waals surface area contributed by atoms with Gasteiger partial charge in [0.05, 0.1) is 18.2 Å². The van der Waals surface area contributed by atoms with Crippen molar-refractivity contribution in [1.82, 2.24) is 20.3 Å². The Bertz CT molecular complexity index is 1030. The van der Waals surface area contributed by atoms with Crippen LogP contribution in [0.3, 0.4) is 0 Å². The summed E-state index contributed by atoms with van der Waals surface area (Å²) in [7, 11) is 0. The molecule has 2 amide bonds. The minimum absolute atomic E-state index is 0.0235. The van der Waals surface area contributed by atoms with Gasteiger partial charge in [-0.3, -0.25) is 9.59 Å². The summed E-state index contributed by atoms with van der Waals surface area (Å²) in [5.41, 5.74) is 2.82. The smallest absolute Gasteiger partial charge is 0.227 e. The molecule has 4 rings (SSSR count). The Hall–Kier alpha value is -3.13. The first-order valence-electron chi connectivity index (χ1n) is 9.91. The fraction of sp³-hybridized carbons (Fsp3) is 0.318. The number of anilines is 1. The van der Waals surface area contributed by atoms with Gasteiger partial charge in [0.1, 0.15) is 0 Å². The number of hydrogen-bond donors (Lipinski definition) is 1. The molecule has 0 saturated carbocycles. The SMILES string of the molecule is CC(C)c1ccc(N2CC(C(=O)NCc3csc(-c4ncccn4)n3)CC2=O)cc1. The van der Waals surface area contributed by atoms with Crippen molar-refractivity contribution in [3.8, 4) is 10.8 Å². The standard InChI is InChI=1S/C22H23N5O2S/c1-14(2)15-4-6-18(7-5-15)27-12-16(10-19(27)28)21(29)25-11-17-13-30-22(26-17)20-23-8-3-9-24-20/h3-9,13-14,16H,10-12H2,1-2H3,(H,25,29). The van der Waals surface area contributed by atoms with Gasteiger partial charge in [-0.2, -0.15) is 0 Å². The number of carbonyl (C=O) groups excluding carboxylic acids is 2. The third kappa shape index (κ3) is 4.38. The predicted molar refractivity (Wildman–Crippen MR) is 116 cm³/mol. The molecule has 0 radical (unpaired) electrons. The minimum Gasteiger partial charge on any atom is -0.350 e. The van der Waals surface area contributed by atoms with Gasteiger partial charge >= 0.3 is 0 Å². The summed E-state index contributed by atoms with van der Waals surface area (Å²) in [6, 6.07) is 9.74. The molecule has 7 nitrogen and oxygen atoms in total. The van der Waals surface area contributed by atoms with Crippen molar-refractivity contribution in [3.63, 3.8) is 0 Å². The van der Waals surface area contributed by atoms with E-state index in [1.807, 2.05) is 29.6 Å². The second-order valence-electron chi connectivity index (χ2n) is 7.59. The summed E-state index contributed by atoms with van der Waals surface area (Å²) in [4.78, 5) is 39.6. The van der Waals surface area contributed by atoms with E-state index in [2.05, 4.69) is 34.1 Å². The number of benzene rings is 1. The zero-order chi connectivity index (χ0) is 21.1. The molecule has 1 aliphatic rings. The summed E-state index contributed by atoms with van der Waals surface area (Å²) in [6.07, 6.45) is 3.56. The zero-order valence-electron chi connectivity index (χ0n) is 16.9. The van der Waals surface area contributed by atoms with Crippen LogP contribution in [0, 0.1) is 5.92 Å². The van der Waals surface area contributed by atoms with Crippen molar-refractivity contribution in [2.24, 2.45) is 5.92 Å². The molecule has 30 heavy (non-hydrogen) atoms. The molecular formula is C22H23N5O2S. The number of nitrogens with zero attached hydrogens (tertiary/aromatic N) is 4. The Labute approximate surface area is 179 Å². The van der Waals surface area contributed by atoms with Gasteiger partial charge in [0, 0.05) is 36.4 Å². The molecule has 154 valence electrons. The highest BCUT2D eigenvalue weighted by Crippen LogP contribution is 2.27. The molecule has 1 unspecified atom stereocenters. The first-order chi connectivity index (χ1) is 14.5. The summed E-state index contributed by atoms with van der Waals surface area (Å²) in [5, 5.41) is 5.51. The van der Waals surface area contributed by atoms with Crippen LogP contribution < -0.4 is 10.2 Å². The highest BCUT2D eigenvalue weighted by molar-refractivity contribution is 7.13. The van der Waals surface area contributed by atoms with Crippen LogP contribution in [-0.4, -0.2) is 33.3 Å². The van der Waals surface area contributed by atoms with Crippen molar-refractivity contribution in [1.29, 1.82) is 0 Å². The quantitative estimate of drug-likeness (QED) is 0.659. The molecule has 1 aliphatic heterocycles. The molecule has 2 aromatic heterocycles. The molecule has 1 fully saturated rings. The van der Waals surface area contributed by atoms with E-state index in [1.165, 1.54) is 16.9 Å². The van der Waals surface area contributed by atoms with Crippen LogP contribution in [0.5, 0.6) is 0 Å². The number of rotatable bonds is 6. The molecule has 1 N–H and O–H groups in total. The number of thiazole rings is 1. The number of nitrogens with one attached hydrogen (secondary N) is 1. The summed E-state index contributed by atoms with van der Waals surface area (Å²) in [6.45, 7) is 4.98. The van der Waals surface area contributed by atoms with E-state index in [0.29, 0.717) is 29.8 Å². The van der Waals surface area contributed by atoms with Crippen LogP contribution in [0.25, 0.3) is 10.8 Å². The number of hydrogen-bond acceptors (Lipinski definition) is 6. The Morgan fingerprint density at radius 2 is 1.97 bits per heavy atom. The number of aromatic nitrogens is 3. The van der Waals surface area contributed by atoms with Crippen molar-refractivity contribution < 1.29 is 9.59 Å². The molecule has 1 atom stereocenters. The Kier molecular flexibility index (Phi) is 5.85. The van der Waals surface area contributed by atoms with E-state index in [0.717, 1.165) is 11.4 Å². The van der Waals surface area contributed by atoms with E-state index in [9.17, 15) is 9.59 Å². The van der Waals surface area contributed by atoms with Crippen molar-refractivity contribution in [2.45, 2.75) is 32.7 Å². The van der Waals surface area contributed by atoms with Crippen LogP contribution in [0.2, 0.25) is 0 Å². The average molecular weight is 422 g/mol. The van der Waals surface area contributed by atoms with Crippen molar-refractivity contribution in [3.05, 3.63) is 59.4 Å². The van der Waals surface area contributed by atoms with Gasteiger partial charge < -0.3 is 10.2 Å². The van der Waals surface area contributed by atoms with Crippen LogP contribution in [-0.2, 0) is 16.1 Å². The molecular weight excluding hydrogens is 398 g/mol. The lowest BCUT2D eigenvalue weighted by molar-refractivity contribution is -0.126. The Balaban J connectivity index is 1.34. The van der Waals surface area contributed by atoms with E-state index >= 15 is 0 Å². The molecule has 8 heteroatoms. The third-order valence-corrected chi connectivity index (χ3v) is 6.01. The molecule has 3 aromatic rings. The van der Waals surface area contributed by atoms with Gasteiger partial charge in [-0.25, -0.2) is 15.0 Å². The van der Waals surface area contributed by atoms with Gasteiger partial charge in [-0.15, -0.1) is 11.3 Å². The molecule has 0 aliphatic carbocycles. The zero-order valence-corrected chi connectivity index (χ0v) is 17.7. The fourth-order valence-corrected chi connectivity index (χ4v) is 4.16. The largest absolute Gasteiger partial charge is 0.350 e. The lowest BCUT2D eigenvalue weighted by atomic mass is 10.0. The average Bonchev–Trinajstić information content (AvgIpc) is 3.39. The van der Waals surface area contributed by atoms with Crippen molar-refractivity contribution >= 4 is 28.8 Å². The second-order valence-corrected chi connectivity index (χ2v) is 8.44. The fourth-order valence-electron chi connectivity index (χ4n) is 3.39. The summed E-state index contributed by atoms with van der Waals surface area (Å²) in [5.74, 6) is 0.491. The highest BCUT2D eigenvalue weighted by atomic mass is 32.1. The van der Waals surface area contributed by atoms with Crippen LogP contribution in [0.1, 0.15) is 37.4 Å². The van der Waals surface area contributed by atoms with Gasteiger partial charge in [0.25, 0.3) is 0 Å². The maximum absolute atomic E-state index is 12.6. The first-order valence-corrected chi connectivity index (χ1v) is 10.8. The monoisotopic (exact) mass is 421 g/mol. The maximum atomic E-state index is 12.6. The van der Waals surface area contributed by atoms with Gasteiger partial charge in [-0.1, -0.05) is 26.0 Å². The second kappa shape index (κ2) is 8.71. The molecule has 1 aromatic carbocycles. The van der Waals surface area contributed by atoms with E-state index in [1.54, 1.807) is 23.4 Å². The maximum Gasteiger partial charge on any atom is 0.227 e. The lowest BCUT2D eigenvalue weighted by Gasteiger charge is -2.17. The van der Waals surface area contributed by atoms with Crippen LogP contribution >= 0.6 is 11.3 Å².